The van der Waals surface area contributed by atoms with Crippen LogP contribution in [0.15, 0.2) is 23.2 Å². The number of hydrogen-bond acceptors (Lipinski definition) is 8. The molecule has 0 aliphatic carbocycles. The van der Waals surface area contributed by atoms with E-state index in [2.05, 4.69) is 20.5 Å². The normalized spacial score (nSPS) is 11.7. The summed E-state index contributed by atoms with van der Waals surface area (Å²) in [6, 6.07) is 3.02. The van der Waals surface area contributed by atoms with Crippen molar-refractivity contribution >= 4 is 43.0 Å². The van der Waals surface area contributed by atoms with E-state index in [0.29, 0.717) is 21.1 Å². The van der Waals surface area contributed by atoms with Gasteiger partial charge in [0, 0.05) is 17.8 Å². The number of fused-ring (bicyclic) bond motifs is 1. The standard InChI is InChI=1S/C16H17N5O3S2/c1-8-9(2)20-21-16-12(8)13(17)14(25-16)15(22)19-6-10-4-5-11(7-18-10)26(3,23)24/h4-5,7H,6,17H2,1-3H3,(H,19,22). The summed E-state index contributed by atoms with van der Waals surface area (Å²) in [5, 5.41) is 11.6. The van der Waals surface area contributed by atoms with Crippen LogP contribution in [0.4, 0.5) is 5.69 Å². The van der Waals surface area contributed by atoms with E-state index in [1.807, 2.05) is 13.8 Å². The molecule has 0 radical (unpaired) electrons. The van der Waals surface area contributed by atoms with Crippen molar-refractivity contribution in [2.45, 2.75) is 25.3 Å². The van der Waals surface area contributed by atoms with E-state index in [1.54, 1.807) is 6.07 Å². The first-order valence-electron chi connectivity index (χ1n) is 7.63. The molecule has 3 aromatic rings. The monoisotopic (exact) mass is 391 g/mol. The second kappa shape index (κ2) is 6.61. The largest absolute Gasteiger partial charge is 0.397 e. The third-order valence-corrected chi connectivity index (χ3v) is 6.18. The van der Waals surface area contributed by atoms with Gasteiger partial charge in [-0.1, -0.05) is 0 Å². The fourth-order valence-electron chi connectivity index (χ4n) is 2.40. The van der Waals surface area contributed by atoms with Crippen LogP contribution in [0.1, 0.15) is 26.6 Å². The van der Waals surface area contributed by atoms with Crippen LogP contribution in [0, 0.1) is 13.8 Å². The highest BCUT2D eigenvalue weighted by molar-refractivity contribution is 7.90. The van der Waals surface area contributed by atoms with Gasteiger partial charge >= 0.3 is 0 Å². The van der Waals surface area contributed by atoms with Crippen LogP contribution in [0.2, 0.25) is 0 Å². The Labute approximate surface area is 154 Å². The predicted octanol–water partition coefficient (Wildman–Crippen LogP) is 1.62. The first kappa shape index (κ1) is 18.2. The SMILES string of the molecule is Cc1nnc2sc(C(=O)NCc3ccc(S(C)(=O)=O)cn3)c(N)c2c1C. The number of thiophene rings is 1. The second-order valence-corrected chi connectivity index (χ2v) is 8.89. The third-order valence-electron chi connectivity index (χ3n) is 4.00. The van der Waals surface area contributed by atoms with Gasteiger partial charge in [-0.15, -0.1) is 16.4 Å². The molecule has 3 aromatic heterocycles. The fourth-order valence-corrected chi connectivity index (χ4v) is 3.97. The molecule has 0 saturated carbocycles. The number of carbonyl (C=O) groups excluding carboxylic acids is 1. The van der Waals surface area contributed by atoms with Crippen molar-refractivity contribution in [3.63, 3.8) is 0 Å². The number of aromatic nitrogens is 3. The van der Waals surface area contributed by atoms with Gasteiger partial charge in [0.25, 0.3) is 5.91 Å². The first-order chi connectivity index (χ1) is 12.2. The summed E-state index contributed by atoms with van der Waals surface area (Å²) >= 11 is 1.19. The van der Waals surface area contributed by atoms with Crippen molar-refractivity contribution in [3.8, 4) is 0 Å². The number of pyridine rings is 1. The molecule has 0 saturated heterocycles. The van der Waals surface area contributed by atoms with Crippen molar-refractivity contribution in [3.05, 3.63) is 40.2 Å². The number of nitrogens with one attached hydrogen (secondary N) is 1. The van der Waals surface area contributed by atoms with Crippen LogP contribution in [0.25, 0.3) is 10.2 Å². The van der Waals surface area contributed by atoms with Crippen LogP contribution in [0.3, 0.4) is 0 Å². The van der Waals surface area contributed by atoms with Gasteiger partial charge in [0.15, 0.2) is 9.84 Å². The van der Waals surface area contributed by atoms with Gasteiger partial charge in [-0.25, -0.2) is 8.42 Å². The number of hydrogen-bond donors (Lipinski definition) is 2. The van der Waals surface area contributed by atoms with Crippen LogP contribution in [-0.4, -0.2) is 35.8 Å². The smallest absolute Gasteiger partial charge is 0.263 e. The summed E-state index contributed by atoms with van der Waals surface area (Å²) in [6.07, 6.45) is 2.38. The molecule has 0 bridgehead atoms. The summed E-state index contributed by atoms with van der Waals surface area (Å²) in [4.78, 5) is 17.7. The molecule has 0 atom stereocenters. The molecule has 136 valence electrons. The summed E-state index contributed by atoms with van der Waals surface area (Å²) in [5.74, 6) is -0.337. The number of aryl methyl sites for hydroxylation is 2. The van der Waals surface area contributed by atoms with Crippen LogP contribution in [0.5, 0.6) is 0 Å². The number of nitrogen functional groups attached to an aromatic ring is 1. The van der Waals surface area contributed by atoms with Gasteiger partial charge in [0.1, 0.15) is 9.71 Å². The minimum absolute atomic E-state index is 0.130. The van der Waals surface area contributed by atoms with E-state index in [-0.39, 0.29) is 17.3 Å². The average molecular weight is 391 g/mol. The number of rotatable bonds is 4. The number of anilines is 1. The van der Waals surface area contributed by atoms with E-state index in [9.17, 15) is 13.2 Å². The summed E-state index contributed by atoms with van der Waals surface area (Å²) in [6.45, 7) is 3.88. The maximum atomic E-state index is 12.5. The van der Waals surface area contributed by atoms with Gasteiger partial charge in [-0.3, -0.25) is 9.78 Å². The molecule has 1 amide bonds. The highest BCUT2D eigenvalue weighted by atomic mass is 32.2. The van der Waals surface area contributed by atoms with Crippen molar-refractivity contribution in [1.29, 1.82) is 0 Å². The molecule has 3 heterocycles. The van der Waals surface area contributed by atoms with E-state index in [4.69, 9.17) is 5.73 Å². The van der Waals surface area contributed by atoms with Crippen LogP contribution in [-0.2, 0) is 16.4 Å². The molecule has 0 aromatic carbocycles. The van der Waals surface area contributed by atoms with E-state index < -0.39 is 9.84 Å². The lowest BCUT2D eigenvalue weighted by atomic mass is 10.1. The Morgan fingerprint density at radius 1 is 1.27 bits per heavy atom. The summed E-state index contributed by atoms with van der Waals surface area (Å²) in [7, 11) is -3.30. The van der Waals surface area contributed by atoms with Crippen molar-refractivity contribution in [2.24, 2.45) is 0 Å². The van der Waals surface area contributed by atoms with Gasteiger partial charge in [0.05, 0.1) is 28.5 Å². The molecule has 10 heteroatoms. The number of nitrogens with two attached hydrogens (primary N) is 1. The zero-order valence-corrected chi connectivity index (χ0v) is 16.0. The Hall–Kier alpha value is -2.59. The van der Waals surface area contributed by atoms with Crippen molar-refractivity contribution in [2.75, 3.05) is 12.0 Å². The summed E-state index contributed by atoms with van der Waals surface area (Å²) < 4.78 is 22.9. The second-order valence-electron chi connectivity index (χ2n) is 5.88. The molecule has 8 nitrogen and oxygen atoms in total. The molecule has 3 rings (SSSR count). The average Bonchev–Trinajstić information content (AvgIpc) is 2.93. The lowest BCUT2D eigenvalue weighted by Crippen LogP contribution is -2.23. The number of nitrogens with zero attached hydrogens (tertiary/aromatic N) is 3. The maximum Gasteiger partial charge on any atom is 0.263 e. The molecule has 0 spiro atoms. The Bertz CT molecular complexity index is 1110. The minimum atomic E-state index is -3.30. The molecule has 0 unspecified atom stereocenters. The lowest BCUT2D eigenvalue weighted by Gasteiger charge is -2.05. The Morgan fingerprint density at radius 2 is 2.00 bits per heavy atom. The quantitative estimate of drug-likeness (QED) is 0.691. The molecule has 0 fully saturated rings. The molecular formula is C16H17N5O3S2. The highest BCUT2D eigenvalue weighted by Crippen LogP contribution is 2.34. The van der Waals surface area contributed by atoms with Gasteiger partial charge in [-0.2, -0.15) is 5.10 Å². The molecular weight excluding hydrogens is 374 g/mol. The maximum absolute atomic E-state index is 12.5. The van der Waals surface area contributed by atoms with Gasteiger partial charge in [-0.05, 0) is 31.5 Å². The van der Waals surface area contributed by atoms with Crippen molar-refractivity contribution in [1.82, 2.24) is 20.5 Å². The third kappa shape index (κ3) is 3.37. The zero-order chi connectivity index (χ0) is 19.1. The van der Waals surface area contributed by atoms with Crippen molar-refractivity contribution < 1.29 is 13.2 Å². The molecule has 26 heavy (non-hydrogen) atoms. The number of carbonyl (C=O) groups is 1. The lowest BCUT2D eigenvalue weighted by molar-refractivity contribution is 0.0955. The predicted molar refractivity (Wildman–Crippen MR) is 99.8 cm³/mol. The fraction of sp³-hybridized carbons (Fsp3) is 0.250. The molecule has 0 aliphatic heterocycles. The highest BCUT2D eigenvalue weighted by Gasteiger charge is 2.19. The molecule has 3 N–H and O–H groups in total. The molecule has 0 aliphatic rings. The zero-order valence-electron chi connectivity index (χ0n) is 14.4. The Balaban J connectivity index is 1.80. The Kier molecular flexibility index (Phi) is 4.63. The van der Waals surface area contributed by atoms with Crippen LogP contribution >= 0.6 is 11.3 Å². The Morgan fingerprint density at radius 3 is 2.62 bits per heavy atom. The van der Waals surface area contributed by atoms with Crippen LogP contribution < -0.4 is 11.1 Å². The summed E-state index contributed by atoms with van der Waals surface area (Å²) in [5.41, 5.74) is 8.74. The van der Waals surface area contributed by atoms with Gasteiger partial charge < -0.3 is 11.1 Å². The van der Waals surface area contributed by atoms with E-state index >= 15 is 0 Å². The minimum Gasteiger partial charge on any atom is -0.397 e. The first-order valence-corrected chi connectivity index (χ1v) is 10.3. The topological polar surface area (TPSA) is 128 Å². The number of amides is 1. The number of sulfone groups is 1. The van der Waals surface area contributed by atoms with Gasteiger partial charge in [0.2, 0.25) is 0 Å². The van der Waals surface area contributed by atoms with E-state index in [1.165, 1.54) is 23.6 Å². The van der Waals surface area contributed by atoms with E-state index in [0.717, 1.165) is 22.9 Å².